The predicted octanol–water partition coefficient (Wildman–Crippen LogP) is 4.24. The molecule has 134 valence electrons. The number of rotatable bonds is 3. The third-order valence-corrected chi connectivity index (χ3v) is 3.87. The van der Waals surface area contributed by atoms with Gasteiger partial charge in [0.2, 0.25) is 11.8 Å². The van der Waals surface area contributed by atoms with Gasteiger partial charge in [-0.3, -0.25) is 19.7 Å². The molecule has 0 aliphatic carbocycles. The molecule has 0 spiro atoms. The van der Waals surface area contributed by atoms with Crippen LogP contribution < -0.4 is 5.32 Å². The molecule has 1 aliphatic heterocycles. The monoisotopic (exact) mass is 333 g/mol. The van der Waals surface area contributed by atoms with Gasteiger partial charge in [-0.1, -0.05) is 51.5 Å². The van der Waals surface area contributed by atoms with Crippen molar-refractivity contribution in [2.45, 2.75) is 67.2 Å². The van der Waals surface area contributed by atoms with Gasteiger partial charge in [-0.05, 0) is 38.7 Å². The predicted molar refractivity (Wildman–Crippen MR) is 98.1 cm³/mol. The molecule has 1 aliphatic rings. The lowest BCUT2D eigenvalue weighted by Gasteiger charge is -2.18. The summed E-state index contributed by atoms with van der Waals surface area (Å²) < 4.78 is 0. The molecule has 2 amide bonds. The Kier molecular flexibility index (Phi) is 10.6. The van der Waals surface area contributed by atoms with Gasteiger partial charge in [0, 0.05) is 17.9 Å². The summed E-state index contributed by atoms with van der Waals surface area (Å²) in [5.41, 5.74) is 3.24. The third-order valence-electron chi connectivity index (χ3n) is 3.87. The molecule has 0 bridgehead atoms. The molecule has 4 heteroatoms. The van der Waals surface area contributed by atoms with Crippen LogP contribution in [0.2, 0.25) is 0 Å². The van der Waals surface area contributed by atoms with Crippen LogP contribution in [0.1, 0.15) is 75.4 Å². The van der Waals surface area contributed by atoms with Crippen LogP contribution in [0.25, 0.3) is 0 Å². The smallest absolute Gasteiger partial charge is 0.229 e. The molecule has 0 radical (unpaired) electrons. The number of amides is 2. The summed E-state index contributed by atoms with van der Waals surface area (Å²) in [5, 5.41) is 2.30. The van der Waals surface area contributed by atoms with E-state index >= 15 is 0 Å². The number of imide groups is 1. The number of benzene rings is 1. The lowest BCUT2D eigenvalue weighted by Crippen LogP contribution is -2.40. The van der Waals surface area contributed by atoms with Crippen molar-refractivity contribution >= 4 is 17.6 Å². The average Bonchev–Trinajstić information content (AvgIpc) is 2.57. The zero-order valence-corrected chi connectivity index (χ0v) is 15.9. The molecule has 1 saturated heterocycles. The van der Waals surface area contributed by atoms with Gasteiger partial charge < -0.3 is 0 Å². The van der Waals surface area contributed by atoms with Crippen molar-refractivity contribution < 1.29 is 14.4 Å². The molecule has 4 nitrogen and oxygen atoms in total. The second-order valence-electron chi connectivity index (χ2n) is 5.63. The van der Waals surface area contributed by atoms with Gasteiger partial charge in [0.15, 0.2) is 5.78 Å². The molecule has 0 aromatic heterocycles. The Morgan fingerprint density at radius 3 is 2.29 bits per heavy atom. The molecule has 0 saturated carbocycles. The second kappa shape index (κ2) is 11.5. The summed E-state index contributed by atoms with van der Waals surface area (Å²) in [4.78, 5) is 32.6. The van der Waals surface area contributed by atoms with Crippen molar-refractivity contribution in [3.05, 3.63) is 34.9 Å². The van der Waals surface area contributed by atoms with Crippen LogP contribution in [0.15, 0.2) is 18.2 Å². The van der Waals surface area contributed by atoms with Crippen molar-refractivity contribution in [1.29, 1.82) is 0 Å². The van der Waals surface area contributed by atoms with Gasteiger partial charge >= 0.3 is 0 Å². The highest BCUT2D eigenvalue weighted by Gasteiger charge is 2.24. The maximum absolute atomic E-state index is 11.1. The van der Waals surface area contributed by atoms with Gasteiger partial charge in [-0.2, -0.15) is 0 Å². The number of ketones is 1. The summed E-state index contributed by atoms with van der Waals surface area (Å²) >= 11 is 0. The number of nitrogens with one attached hydrogen (secondary N) is 1. The highest BCUT2D eigenvalue weighted by atomic mass is 16.2. The molecular weight excluding hydrogens is 302 g/mol. The average molecular weight is 333 g/mol. The number of carbonyl (C=O) groups excluding carboxylic acids is 3. The highest BCUT2D eigenvalue weighted by Crippen LogP contribution is 2.14. The summed E-state index contributed by atoms with van der Waals surface area (Å²) in [6.45, 7) is 11.7. The van der Waals surface area contributed by atoms with Crippen LogP contribution in [0.4, 0.5) is 0 Å². The van der Waals surface area contributed by atoms with E-state index in [2.05, 4.69) is 18.3 Å². The minimum Gasteiger partial charge on any atom is -0.296 e. The molecule has 1 atom stereocenters. The third kappa shape index (κ3) is 7.07. The molecular formula is C20H31NO3. The lowest BCUT2D eigenvalue weighted by molar-refractivity contribution is -0.136. The van der Waals surface area contributed by atoms with Gasteiger partial charge in [0.05, 0.1) is 0 Å². The summed E-state index contributed by atoms with van der Waals surface area (Å²) in [6, 6.07) is 5.98. The summed E-state index contributed by atoms with van der Waals surface area (Å²) in [6.07, 6.45) is 2.99. The van der Waals surface area contributed by atoms with Crippen LogP contribution in [0.3, 0.4) is 0 Å². The Labute approximate surface area is 146 Å². The van der Waals surface area contributed by atoms with Crippen LogP contribution >= 0.6 is 0 Å². The van der Waals surface area contributed by atoms with E-state index in [1.54, 1.807) is 6.92 Å². The quantitative estimate of drug-likeness (QED) is 0.665. The first-order valence-corrected chi connectivity index (χ1v) is 8.83. The Morgan fingerprint density at radius 1 is 1.21 bits per heavy atom. The van der Waals surface area contributed by atoms with E-state index < -0.39 is 0 Å². The molecule has 1 fully saturated rings. The molecule has 1 unspecified atom stereocenters. The van der Waals surface area contributed by atoms with E-state index in [4.69, 9.17) is 0 Å². The number of aryl methyl sites for hydroxylation is 2. The minimum atomic E-state index is -0.130. The van der Waals surface area contributed by atoms with E-state index in [1.807, 2.05) is 39.8 Å². The lowest BCUT2D eigenvalue weighted by atomic mass is 9.96. The Morgan fingerprint density at radius 2 is 1.83 bits per heavy atom. The molecule has 1 N–H and O–H groups in total. The van der Waals surface area contributed by atoms with E-state index in [0.717, 1.165) is 30.4 Å². The van der Waals surface area contributed by atoms with Gasteiger partial charge in [0.1, 0.15) is 0 Å². The first-order valence-electron chi connectivity index (χ1n) is 8.83. The normalized spacial score (nSPS) is 16.2. The Bertz CT molecular complexity index is 564. The van der Waals surface area contributed by atoms with Gasteiger partial charge in [0.25, 0.3) is 0 Å². The first-order chi connectivity index (χ1) is 11.4. The fraction of sp³-hybridized carbons (Fsp3) is 0.550. The van der Waals surface area contributed by atoms with E-state index in [-0.39, 0.29) is 23.5 Å². The number of Topliss-reactive ketones (excluding diaryl/α,β-unsaturated/α-hetero) is 1. The summed E-state index contributed by atoms with van der Waals surface area (Å²) in [7, 11) is 0. The zero-order chi connectivity index (χ0) is 18.7. The maximum Gasteiger partial charge on any atom is 0.229 e. The Balaban J connectivity index is 0.000000405. The number of piperidine rings is 1. The van der Waals surface area contributed by atoms with Crippen molar-refractivity contribution in [3.8, 4) is 0 Å². The van der Waals surface area contributed by atoms with E-state index in [1.165, 1.54) is 5.56 Å². The van der Waals surface area contributed by atoms with Crippen molar-refractivity contribution in [2.24, 2.45) is 5.92 Å². The van der Waals surface area contributed by atoms with E-state index in [0.29, 0.717) is 6.42 Å². The van der Waals surface area contributed by atoms with Gasteiger partial charge in [-0.15, -0.1) is 0 Å². The van der Waals surface area contributed by atoms with Crippen LogP contribution in [-0.4, -0.2) is 17.6 Å². The number of hydrogen-bond donors (Lipinski definition) is 1. The number of carbonyl (C=O) groups is 3. The fourth-order valence-electron chi connectivity index (χ4n) is 2.49. The second-order valence-corrected chi connectivity index (χ2v) is 5.63. The number of hydrogen-bond acceptors (Lipinski definition) is 3. The van der Waals surface area contributed by atoms with Gasteiger partial charge in [-0.25, -0.2) is 0 Å². The van der Waals surface area contributed by atoms with Crippen molar-refractivity contribution in [2.75, 3.05) is 0 Å². The molecule has 2 rings (SSSR count). The Hall–Kier alpha value is -1.97. The summed E-state index contributed by atoms with van der Waals surface area (Å²) in [5.74, 6) is -0.00185. The fourth-order valence-corrected chi connectivity index (χ4v) is 2.49. The molecule has 1 heterocycles. The maximum atomic E-state index is 11.1. The van der Waals surface area contributed by atoms with Crippen molar-refractivity contribution in [3.63, 3.8) is 0 Å². The van der Waals surface area contributed by atoms with E-state index in [9.17, 15) is 14.4 Å². The van der Waals surface area contributed by atoms with Crippen LogP contribution in [0, 0.1) is 12.8 Å². The minimum absolute atomic E-state index is 0.0673. The highest BCUT2D eigenvalue weighted by molar-refractivity contribution is 5.98. The van der Waals surface area contributed by atoms with Crippen molar-refractivity contribution in [1.82, 2.24) is 5.32 Å². The first kappa shape index (κ1) is 22.0. The molecule has 1 aromatic rings. The van der Waals surface area contributed by atoms with Crippen LogP contribution in [0.5, 0.6) is 0 Å². The van der Waals surface area contributed by atoms with Crippen LogP contribution in [-0.2, 0) is 16.0 Å². The zero-order valence-electron chi connectivity index (χ0n) is 15.9. The standard InChI is InChI=1S/C11H14O.C7H11NO2.C2H6/c1-4-10-7-8(2)5-6-11(10)9(3)12;1-2-5-3-4-6(9)8-7(5)10;1-2/h5-7H,4H2,1-3H3;5H,2-4H2,1H3,(H,8,9,10);1-2H3. The largest absolute Gasteiger partial charge is 0.296 e. The molecule has 24 heavy (non-hydrogen) atoms. The molecule has 1 aromatic carbocycles. The topological polar surface area (TPSA) is 63.2 Å². The SMILES string of the molecule is CC.CCC1CCC(=O)NC1=O.CCc1cc(C)ccc1C(C)=O.